The van der Waals surface area contributed by atoms with Crippen molar-refractivity contribution in [3.63, 3.8) is 0 Å². The quantitative estimate of drug-likeness (QED) is 0.759. The van der Waals surface area contributed by atoms with E-state index in [9.17, 15) is 9.59 Å². The fraction of sp³-hybridized carbons (Fsp3) is 0.636. The lowest BCUT2D eigenvalue weighted by Crippen LogP contribution is -2.48. The van der Waals surface area contributed by atoms with Gasteiger partial charge in [0.1, 0.15) is 0 Å². The van der Waals surface area contributed by atoms with Gasteiger partial charge in [0.15, 0.2) is 0 Å². The molecule has 28 heavy (non-hydrogen) atoms. The molecule has 1 saturated carbocycles. The second-order valence-corrected chi connectivity index (χ2v) is 9.72. The molecule has 1 aromatic rings. The van der Waals surface area contributed by atoms with Gasteiger partial charge in [0.2, 0.25) is 11.8 Å². The molecule has 2 amide bonds. The van der Waals surface area contributed by atoms with Crippen molar-refractivity contribution in [3.8, 4) is 0 Å². The molecule has 2 heterocycles. The SMILES string of the molecule is CC1(C2CCN(C3CCC(c4ccc(C(N)=O)cc4)CC3)CC2)CSNC1=O. The van der Waals surface area contributed by atoms with E-state index in [1.165, 1.54) is 31.2 Å². The van der Waals surface area contributed by atoms with Gasteiger partial charge < -0.3 is 10.6 Å². The summed E-state index contributed by atoms with van der Waals surface area (Å²) >= 11 is 1.57. The number of nitrogens with one attached hydrogen (secondary N) is 1. The fourth-order valence-corrected chi connectivity index (χ4v) is 6.44. The van der Waals surface area contributed by atoms with Crippen LogP contribution >= 0.6 is 11.9 Å². The Morgan fingerprint density at radius 2 is 1.75 bits per heavy atom. The Labute approximate surface area is 171 Å². The van der Waals surface area contributed by atoms with Crippen LogP contribution in [0, 0.1) is 11.3 Å². The van der Waals surface area contributed by atoms with Crippen LogP contribution in [-0.4, -0.2) is 41.6 Å². The lowest BCUT2D eigenvalue weighted by Gasteiger charge is -2.43. The van der Waals surface area contributed by atoms with Crippen molar-refractivity contribution in [2.45, 2.75) is 57.4 Å². The Morgan fingerprint density at radius 1 is 1.11 bits per heavy atom. The van der Waals surface area contributed by atoms with E-state index in [1.807, 2.05) is 12.1 Å². The van der Waals surface area contributed by atoms with Gasteiger partial charge in [-0.25, -0.2) is 0 Å². The molecule has 152 valence electrons. The van der Waals surface area contributed by atoms with Crippen LogP contribution in [-0.2, 0) is 4.79 Å². The summed E-state index contributed by atoms with van der Waals surface area (Å²) in [5.41, 5.74) is 7.09. The molecule has 1 aromatic carbocycles. The van der Waals surface area contributed by atoms with Gasteiger partial charge in [0.05, 0.1) is 5.41 Å². The van der Waals surface area contributed by atoms with E-state index in [0.29, 0.717) is 23.4 Å². The number of carbonyl (C=O) groups excluding carboxylic acids is 2. The van der Waals surface area contributed by atoms with E-state index in [4.69, 9.17) is 5.73 Å². The minimum Gasteiger partial charge on any atom is -0.366 e. The predicted molar refractivity (Wildman–Crippen MR) is 113 cm³/mol. The van der Waals surface area contributed by atoms with E-state index in [1.54, 1.807) is 11.9 Å². The highest BCUT2D eigenvalue weighted by Crippen LogP contribution is 2.43. The number of nitrogens with zero attached hydrogens (tertiary/aromatic N) is 1. The van der Waals surface area contributed by atoms with Gasteiger partial charge in [-0.1, -0.05) is 12.1 Å². The molecule has 0 spiro atoms. The number of amides is 2. The highest BCUT2D eigenvalue weighted by molar-refractivity contribution is 7.98. The summed E-state index contributed by atoms with van der Waals surface area (Å²) in [6.45, 7) is 4.40. The first kappa shape index (κ1) is 19.8. The van der Waals surface area contributed by atoms with Gasteiger partial charge in [-0.3, -0.25) is 14.3 Å². The number of likely N-dealkylation sites (tertiary alicyclic amines) is 1. The van der Waals surface area contributed by atoms with Crippen LogP contribution in [0.3, 0.4) is 0 Å². The molecule has 0 radical (unpaired) electrons. The number of nitrogens with two attached hydrogens (primary N) is 1. The van der Waals surface area contributed by atoms with Crippen LogP contribution in [0.25, 0.3) is 0 Å². The number of carbonyl (C=O) groups is 2. The Morgan fingerprint density at radius 3 is 2.29 bits per heavy atom. The Balaban J connectivity index is 1.28. The summed E-state index contributed by atoms with van der Waals surface area (Å²) in [4.78, 5) is 26.2. The maximum atomic E-state index is 12.2. The first-order valence-corrected chi connectivity index (χ1v) is 11.5. The van der Waals surface area contributed by atoms with Gasteiger partial charge >= 0.3 is 0 Å². The second kappa shape index (κ2) is 8.07. The lowest BCUT2D eigenvalue weighted by molar-refractivity contribution is -0.129. The minimum atomic E-state index is -0.360. The average molecular weight is 402 g/mol. The minimum absolute atomic E-state index is 0.175. The number of rotatable bonds is 4. The van der Waals surface area contributed by atoms with Gasteiger partial charge in [0.25, 0.3) is 0 Å². The van der Waals surface area contributed by atoms with Crippen LogP contribution in [0.4, 0.5) is 0 Å². The van der Waals surface area contributed by atoms with Crippen molar-refractivity contribution < 1.29 is 9.59 Å². The molecule has 1 unspecified atom stereocenters. The third kappa shape index (κ3) is 3.81. The van der Waals surface area contributed by atoms with Crippen molar-refractivity contribution in [2.75, 3.05) is 18.8 Å². The summed E-state index contributed by atoms with van der Waals surface area (Å²) in [7, 11) is 0. The van der Waals surface area contributed by atoms with Gasteiger partial charge in [0, 0.05) is 17.4 Å². The smallest absolute Gasteiger partial charge is 0.248 e. The molecule has 2 saturated heterocycles. The maximum absolute atomic E-state index is 12.2. The molecule has 5 nitrogen and oxygen atoms in total. The Hall–Kier alpha value is -1.53. The monoisotopic (exact) mass is 401 g/mol. The summed E-state index contributed by atoms with van der Waals surface area (Å²) in [5.74, 6) is 1.89. The molecule has 6 heteroatoms. The predicted octanol–water partition coefficient (Wildman–Crippen LogP) is 3.31. The largest absolute Gasteiger partial charge is 0.366 e. The fourth-order valence-electron chi connectivity index (χ4n) is 5.33. The van der Waals surface area contributed by atoms with E-state index in [2.05, 4.69) is 28.7 Å². The molecule has 1 atom stereocenters. The van der Waals surface area contributed by atoms with Crippen LogP contribution in [0.2, 0.25) is 0 Å². The van der Waals surface area contributed by atoms with Crippen LogP contribution in [0.15, 0.2) is 24.3 Å². The van der Waals surface area contributed by atoms with Crippen LogP contribution < -0.4 is 10.5 Å². The molecule has 3 fully saturated rings. The summed E-state index contributed by atoms with van der Waals surface area (Å²) in [6, 6.07) is 8.53. The zero-order valence-corrected chi connectivity index (χ0v) is 17.5. The molecule has 0 bridgehead atoms. The first-order chi connectivity index (χ1) is 13.5. The average Bonchev–Trinajstić information content (AvgIpc) is 3.08. The number of piperidine rings is 1. The Bertz CT molecular complexity index is 722. The number of primary amides is 1. The molecule has 2 aliphatic heterocycles. The van der Waals surface area contributed by atoms with Crippen molar-refractivity contribution in [1.29, 1.82) is 0 Å². The number of benzene rings is 1. The summed E-state index contributed by atoms with van der Waals surface area (Å²) < 4.78 is 2.95. The van der Waals surface area contributed by atoms with Gasteiger partial charge in [-0.05, 0) is 100 Å². The lowest BCUT2D eigenvalue weighted by atomic mass is 9.72. The third-order valence-corrected chi connectivity index (χ3v) is 8.44. The van der Waals surface area contributed by atoms with Gasteiger partial charge in [-0.15, -0.1) is 0 Å². The standard InChI is InChI=1S/C22H31N3O2S/c1-22(14-28-24-21(22)27)18-10-12-25(13-11-18)19-8-6-16(7-9-19)15-2-4-17(5-3-15)20(23)26/h2-5,16,18-19H,6-14H2,1H3,(H2,23,26)(H,24,27). The van der Waals surface area contributed by atoms with E-state index in [0.717, 1.165) is 31.7 Å². The zero-order chi connectivity index (χ0) is 19.7. The molecule has 1 aliphatic carbocycles. The molecule has 3 aliphatic rings. The zero-order valence-electron chi connectivity index (χ0n) is 16.7. The molecular weight excluding hydrogens is 370 g/mol. The van der Waals surface area contributed by atoms with Crippen LogP contribution in [0.1, 0.15) is 67.3 Å². The Kier molecular flexibility index (Phi) is 5.70. The number of hydrogen-bond acceptors (Lipinski definition) is 4. The number of hydrogen-bond donors (Lipinski definition) is 2. The van der Waals surface area contributed by atoms with Gasteiger partial charge in [-0.2, -0.15) is 0 Å². The first-order valence-electron chi connectivity index (χ1n) is 10.5. The maximum Gasteiger partial charge on any atom is 0.248 e. The van der Waals surface area contributed by atoms with Crippen molar-refractivity contribution in [1.82, 2.24) is 9.62 Å². The van der Waals surface area contributed by atoms with Crippen molar-refractivity contribution in [2.24, 2.45) is 17.1 Å². The third-order valence-electron chi connectivity index (χ3n) is 7.37. The topological polar surface area (TPSA) is 75.4 Å². The van der Waals surface area contributed by atoms with E-state index >= 15 is 0 Å². The highest BCUT2D eigenvalue weighted by atomic mass is 32.2. The van der Waals surface area contributed by atoms with E-state index < -0.39 is 0 Å². The van der Waals surface area contributed by atoms with Crippen molar-refractivity contribution >= 4 is 23.8 Å². The van der Waals surface area contributed by atoms with Crippen LogP contribution in [0.5, 0.6) is 0 Å². The molecule has 3 N–H and O–H groups in total. The normalized spacial score (nSPS) is 32.2. The van der Waals surface area contributed by atoms with Crippen molar-refractivity contribution in [3.05, 3.63) is 35.4 Å². The highest BCUT2D eigenvalue weighted by Gasteiger charge is 2.46. The van der Waals surface area contributed by atoms with E-state index in [-0.39, 0.29) is 17.2 Å². The molecule has 4 rings (SSSR count). The summed E-state index contributed by atoms with van der Waals surface area (Å²) in [6.07, 6.45) is 7.16. The second-order valence-electron chi connectivity index (χ2n) is 8.94. The summed E-state index contributed by atoms with van der Waals surface area (Å²) in [5, 5.41) is 0. The molecular formula is C22H31N3O2S. The molecule has 0 aromatic heterocycles.